The van der Waals surface area contributed by atoms with Crippen LogP contribution in [0.3, 0.4) is 0 Å². The SMILES string of the molecule is CCOC(=O)CCNC(=O)c1cc(CC)nn1C. The number of carbonyl (C=O) groups excluding carboxylic acids is 2. The number of nitrogens with one attached hydrogen (secondary N) is 1. The Morgan fingerprint density at radius 3 is 2.72 bits per heavy atom. The number of nitrogens with zero attached hydrogens (tertiary/aromatic N) is 2. The largest absolute Gasteiger partial charge is 0.466 e. The topological polar surface area (TPSA) is 73.2 Å². The van der Waals surface area contributed by atoms with Gasteiger partial charge in [-0.3, -0.25) is 14.3 Å². The molecular formula is C12H19N3O3. The summed E-state index contributed by atoms with van der Waals surface area (Å²) in [4.78, 5) is 22.9. The molecular weight excluding hydrogens is 234 g/mol. The molecule has 1 rings (SSSR count). The maximum Gasteiger partial charge on any atom is 0.307 e. The van der Waals surface area contributed by atoms with Gasteiger partial charge < -0.3 is 10.1 Å². The van der Waals surface area contributed by atoms with Crippen LogP contribution in [0, 0.1) is 0 Å². The fraction of sp³-hybridized carbons (Fsp3) is 0.583. The Morgan fingerprint density at radius 1 is 1.44 bits per heavy atom. The second kappa shape index (κ2) is 6.78. The molecule has 1 amide bonds. The Kier molecular flexibility index (Phi) is 5.35. The monoisotopic (exact) mass is 253 g/mol. The van der Waals surface area contributed by atoms with Gasteiger partial charge in [-0.2, -0.15) is 5.10 Å². The van der Waals surface area contributed by atoms with Crippen LogP contribution in [-0.4, -0.2) is 34.8 Å². The summed E-state index contributed by atoms with van der Waals surface area (Å²) in [6.07, 6.45) is 0.960. The first kappa shape index (κ1) is 14.2. The molecule has 0 radical (unpaired) electrons. The van der Waals surface area contributed by atoms with E-state index in [1.807, 2.05) is 6.92 Å². The normalized spacial score (nSPS) is 10.2. The van der Waals surface area contributed by atoms with Crippen LogP contribution >= 0.6 is 0 Å². The molecule has 6 heteroatoms. The van der Waals surface area contributed by atoms with Crippen LogP contribution in [0.2, 0.25) is 0 Å². The molecule has 1 aromatic heterocycles. The lowest BCUT2D eigenvalue weighted by Gasteiger charge is -2.04. The molecule has 0 aliphatic rings. The maximum absolute atomic E-state index is 11.8. The molecule has 0 bridgehead atoms. The molecule has 0 unspecified atom stereocenters. The Labute approximate surface area is 106 Å². The summed E-state index contributed by atoms with van der Waals surface area (Å²) in [5, 5.41) is 6.85. The highest BCUT2D eigenvalue weighted by molar-refractivity contribution is 5.92. The fourth-order valence-electron chi connectivity index (χ4n) is 1.51. The number of esters is 1. The van der Waals surface area contributed by atoms with Crippen molar-refractivity contribution < 1.29 is 14.3 Å². The molecule has 0 spiro atoms. The fourth-order valence-corrected chi connectivity index (χ4v) is 1.51. The van der Waals surface area contributed by atoms with Gasteiger partial charge in [0, 0.05) is 13.6 Å². The second-order valence-electron chi connectivity index (χ2n) is 3.81. The highest BCUT2D eigenvalue weighted by Gasteiger charge is 2.12. The number of aryl methyl sites for hydroxylation is 2. The van der Waals surface area contributed by atoms with Gasteiger partial charge in [-0.1, -0.05) is 6.92 Å². The number of hydrogen-bond acceptors (Lipinski definition) is 4. The molecule has 0 fully saturated rings. The summed E-state index contributed by atoms with van der Waals surface area (Å²) in [7, 11) is 1.72. The summed E-state index contributed by atoms with van der Waals surface area (Å²) in [6.45, 7) is 4.35. The second-order valence-corrected chi connectivity index (χ2v) is 3.81. The van der Waals surface area contributed by atoms with Crippen LogP contribution in [0.4, 0.5) is 0 Å². The molecule has 6 nitrogen and oxygen atoms in total. The van der Waals surface area contributed by atoms with Crippen molar-refractivity contribution in [2.45, 2.75) is 26.7 Å². The quantitative estimate of drug-likeness (QED) is 0.756. The molecule has 1 N–H and O–H groups in total. The van der Waals surface area contributed by atoms with Crippen LogP contribution in [0.5, 0.6) is 0 Å². The Hall–Kier alpha value is -1.85. The third-order valence-corrected chi connectivity index (χ3v) is 2.45. The van der Waals surface area contributed by atoms with Crippen molar-refractivity contribution in [3.8, 4) is 0 Å². The number of amides is 1. The Balaban J connectivity index is 2.45. The third kappa shape index (κ3) is 3.87. The zero-order valence-electron chi connectivity index (χ0n) is 11.0. The van der Waals surface area contributed by atoms with Crippen LogP contribution in [0.15, 0.2) is 6.07 Å². The van der Waals surface area contributed by atoms with Crippen molar-refractivity contribution in [3.05, 3.63) is 17.5 Å². The lowest BCUT2D eigenvalue weighted by Crippen LogP contribution is -2.28. The summed E-state index contributed by atoms with van der Waals surface area (Å²) < 4.78 is 6.31. The first-order valence-electron chi connectivity index (χ1n) is 6.05. The smallest absolute Gasteiger partial charge is 0.307 e. The number of hydrogen-bond donors (Lipinski definition) is 1. The van der Waals surface area contributed by atoms with Crippen LogP contribution in [0.25, 0.3) is 0 Å². The van der Waals surface area contributed by atoms with E-state index in [1.54, 1.807) is 24.7 Å². The van der Waals surface area contributed by atoms with Crippen molar-refractivity contribution in [1.29, 1.82) is 0 Å². The third-order valence-electron chi connectivity index (χ3n) is 2.45. The molecule has 0 saturated heterocycles. The van der Waals surface area contributed by atoms with Gasteiger partial charge in [-0.15, -0.1) is 0 Å². The molecule has 18 heavy (non-hydrogen) atoms. The van der Waals surface area contributed by atoms with Gasteiger partial charge in [0.1, 0.15) is 5.69 Å². The van der Waals surface area contributed by atoms with Crippen molar-refractivity contribution >= 4 is 11.9 Å². The Morgan fingerprint density at radius 2 is 2.17 bits per heavy atom. The minimum Gasteiger partial charge on any atom is -0.466 e. The average Bonchev–Trinajstić information content (AvgIpc) is 2.71. The molecule has 1 heterocycles. The average molecular weight is 253 g/mol. The minimum absolute atomic E-state index is 0.179. The number of aromatic nitrogens is 2. The zero-order valence-corrected chi connectivity index (χ0v) is 11.0. The molecule has 0 saturated carbocycles. The maximum atomic E-state index is 11.8. The number of carbonyl (C=O) groups is 2. The standard InChI is InChI=1S/C12H19N3O3/c1-4-9-8-10(15(3)14-9)12(17)13-7-6-11(16)18-5-2/h8H,4-7H2,1-3H3,(H,13,17). The molecule has 1 aromatic rings. The van der Waals surface area contributed by atoms with Gasteiger partial charge >= 0.3 is 5.97 Å². The zero-order chi connectivity index (χ0) is 13.5. The first-order valence-corrected chi connectivity index (χ1v) is 6.05. The minimum atomic E-state index is -0.308. The van der Waals surface area contributed by atoms with Crippen LogP contribution in [-0.2, 0) is 23.0 Å². The van der Waals surface area contributed by atoms with Gasteiger partial charge in [-0.05, 0) is 19.4 Å². The van der Waals surface area contributed by atoms with E-state index in [9.17, 15) is 9.59 Å². The van der Waals surface area contributed by atoms with Crippen LogP contribution in [0.1, 0.15) is 36.5 Å². The van der Waals surface area contributed by atoms with E-state index in [0.29, 0.717) is 12.3 Å². The molecule has 100 valence electrons. The highest BCUT2D eigenvalue weighted by Crippen LogP contribution is 2.03. The van der Waals surface area contributed by atoms with Gasteiger partial charge in [0.15, 0.2) is 0 Å². The van der Waals surface area contributed by atoms with Gasteiger partial charge in [0.2, 0.25) is 0 Å². The lowest BCUT2D eigenvalue weighted by molar-refractivity contribution is -0.142. The highest BCUT2D eigenvalue weighted by atomic mass is 16.5. The molecule has 0 aliphatic carbocycles. The number of ether oxygens (including phenoxy) is 1. The van der Waals surface area contributed by atoms with Gasteiger partial charge in [0.05, 0.1) is 18.7 Å². The summed E-state index contributed by atoms with van der Waals surface area (Å²) in [5.41, 5.74) is 1.36. The van der Waals surface area contributed by atoms with Crippen molar-refractivity contribution in [2.24, 2.45) is 7.05 Å². The van der Waals surface area contributed by atoms with Crippen LogP contribution < -0.4 is 5.32 Å². The summed E-state index contributed by atoms with van der Waals surface area (Å²) >= 11 is 0. The predicted octanol–water partition coefficient (Wildman–Crippen LogP) is 0.665. The molecule has 0 aromatic carbocycles. The predicted molar refractivity (Wildman–Crippen MR) is 66.2 cm³/mol. The number of rotatable bonds is 6. The van der Waals surface area contributed by atoms with E-state index in [0.717, 1.165) is 12.1 Å². The van der Waals surface area contributed by atoms with Crippen molar-refractivity contribution in [2.75, 3.05) is 13.2 Å². The van der Waals surface area contributed by atoms with E-state index < -0.39 is 0 Å². The van der Waals surface area contributed by atoms with Gasteiger partial charge in [0.25, 0.3) is 5.91 Å². The summed E-state index contributed by atoms with van der Waals surface area (Å²) in [6, 6.07) is 1.75. The molecule has 0 atom stereocenters. The Bertz CT molecular complexity index is 426. The van der Waals surface area contributed by atoms with Crippen molar-refractivity contribution in [3.63, 3.8) is 0 Å². The molecule has 0 aliphatic heterocycles. The van der Waals surface area contributed by atoms with Gasteiger partial charge in [-0.25, -0.2) is 0 Å². The first-order chi connectivity index (χ1) is 8.58. The lowest BCUT2D eigenvalue weighted by atomic mass is 10.3. The summed E-state index contributed by atoms with van der Waals surface area (Å²) in [5.74, 6) is -0.536. The van der Waals surface area contributed by atoms with E-state index in [-0.39, 0.29) is 24.8 Å². The van der Waals surface area contributed by atoms with E-state index in [2.05, 4.69) is 10.4 Å². The van der Waals surface area contributed by atoms with E-state index >= 15 is 0 Å². The van der Waals surface area contributed by atoms with E-state index in [4.69, 9.17) is 4.74 Å². The van der Waals surface area contributed by atoms with E-state index in [1.165, 1.54) is 0 Å². The van der Waals surface area contributed by atoms with Crippen molar-refractivity contribution in [1.82, 2.24) is 15.1 Å².